The predicted octanol–water partition coefficient (Wildman–Crippen LogP) is 7.26. The standard InChI is InChI=1S/C28H38O4/c1-2-3-4-12-19-24(22-15-8-5-9-16-22)25(23-17-10-6-11-18-23)20-13-7-14-21-26(27(29)30)28(31)32/h5-6,8-11,15-18,24-26H,2-4,7,12-14,19-21H2,1H3,(H,29,30)(H,31,32). The van der Waals surface area contributed by atoms with Gasteiger partial charge in [0.2, 0.25) is 0 Å². The Morgan fingerprint density at radius 1 is 0.625 bits per heavy atom. The highest BCUT2D eigenvalue weighted by Crippen LogP contribution is 2.40. The summed E-state index contributed by atoms with van der Waals surface area (Å²) in [4.78, 5) is 22.2. The molecule has 0 heterocycles. The Morgan fingerprint density at radius 3 is 1.44 bits per heavy atom. The summed E-state index contributed by atoms with van der Waals surface area (Å²) in [5, 5.41) is 18.2. The molecule has 0 spiro atoms. The molecule has 2 N–H and O–H groups in total. The van der Waals surface area contributed by atoms with Gasteiger partial charge in [-0.25, -0.2) is 0 Å². The van der Waals surface area contributed by atoms with E-state index in [4.69, 9.17) is 10.2 Å². The first kappa shape index (κ1) is 25.6. The Morgan fingerprint density at radius 2 is 1.03 bits per heavy atom. The first-order chi connectivity index (χ1) is 15.5. The van der Waals surface area contributed by atoms with Gasteiger partial charge in [-0.2, -0.15) is 0 Å². The molecule has 0 amide bonds. The van der Waals surface area contributed by atoms with Crippen LogP contribution in [-0.4, -0.2) is 22.2 Å². The number of hydrogen-bond acceptors (Lipinski definition) is 2. The third kappa shape index (κ3) is 8.49. The molecule has 4 heteroatoms. The van der Waals surface area contributed by atoms with Crippen LogP contribution in [0, 0.1) is 5.92 Å². The Kier molecular flexibility index (Phi) is 11.6. The normalized spacial score (nSPS) is 13.1. The lowest BCUT2D eigenvalue weighted by atomic mass is 9.76. The van der Waals surface area contributed by atoms with Gasteiger partial charge in [-0.3, -0.25) is 9.59 Å². The van der Waals surface area contributed by atoms with Crippen LogP contribution < -0.4 is 0 Å². The number of hydrogen-bond donors (Lipinski definition) is 2. The molecule has 32 heavy (non-hydrogen) atoms. The second kappa shape index (κ2) is 14.4. The van der Waals surface area contributed by atoms with Gasteiger partial charge in [-0.05, 0) is 42.2 Å². The van der Waals surface area contributed by atoms with Crippen molar-refractivity contribution < 1.29 is 19.8 Å². The van der Waals surface area contributed by atoms with Crippen LogP contribution in [-0.2, 0) is 9.59 Å². The monoisotopic (exact) mass is 438 g/mol. The molecule has 0 saturated heterocycles. The van der Waals surface area contributed by atoms with Crippen LogP contribution in [0.3, 0.4) is 0 Å². The molecule has 0 aromatic heterocycles. The van der Waals surface area contributed by atoms with E-state index >= 15 is 0 Å². The van der Waals surface area contributed by atoms with Crippen LogP contribution in [0.1, 0.15) is 94.1 Å². The van der Waals surface area contributed by atoms with Crippen LogP contribution in [0.4, 0.5) is 0 Å². The van der Waals surface area contributed by atoms with E-state index in [1.165, 1.54) is 36.8 Å². The molecule has 2 atom stereocenters. The van der Waals surface area contributed by atoms with Gasteiger partial charge in [0.1, 0.15) is 0 Å². The number of aliphatic carboxylic acids is 2. The van der Waals surface area contributed by atoms with Crippen molar-refractivity contribution in [2.45, 2.75) is 83.0 Å². The smallest absolute Gasteiger partial charge is 0.317 e. The fourth-order valence-electron chi connectivity index (χ4n) is 4.63. The van der Waals surface area contributed by atoms with Crippen LogP contribution >= 0.6 is 0 Å². The van der Waals surface area contributed by atoms with E-state index in [1.807, 2.05) is 0 Å². The Labute approximate surface area is 192 Å². The van der Waals surface area contributed by atoms with Gasteiger partial charge in [0.05, 0.1) is 0 Å². The van der Waals surface area contributed by atoms with Crippen LogP contribution in [0.25, 0.3) is 0 Å². The molecule has 174 valence electrons. The topological polar surface area (TPSA) is 74.6 Å². The Bertz CT molecular complexity index is 774. The van der Waals surface area contributed by atoms with Gasteiger partial charge in [0, 0.05) is 0 Å². The van der Waals surface area contributed by atoms with Crippen molar-refractivity contribution in [3.05, 3.63) is 71.8 Å². The highest BCUT2D eigenvalue weighted by atomic mass is 16.4. The number of carboxylic acid groups (broad SMARTS) is 2. The summed E-state index contributed by atoms with van der Waals surface area (Å²) in [7, 11) is 0. The number of unbranched alkanes of at least 4 members (excludes halogenated alkanes) is 5. The summed E-state index contributed by atoms with van der Waals surface area (Å²) >= 11 is 0. The van der Waals surface area contributed by atoms with E-state index in [-0.39, 0.29) is 6.42 Å². The summed E-state index contributed by atoms with van der Waals surface area (Å²) in [5.74, 6) is -2.93. The van der Waals surface area contributed by atoms with Crippen molar-refractivity contribution in [1.29, 1.82) is 0 Å². The van der Waals surface area contributed by atoms with Gasteiger partial charge >= 0.3 is 11.9 Å². The summed E-state index contributed by atoms with van der Waals surface area (Å²) in [6.45, 7) is 2.24. The number of carboxylic acids is 2. The molecule has 0 aliphatic carbocycles. The fraction of sp³-hybridized carbons (Fsp3) is 0.500. The van der Waals surface area contributed by atoms with Crippen molar-refractivity contribution in [3.8, 4) is 0 Å². The predicted molar refractivity (Wildman–Crippen MR) is 129 cm³/mol. The van der Waals surface area contributed by atoms with Crippen LogP contribution in [0.15, 0.2) is 60.7 Å². The summed E-state index contributed by atoms with van der Waals surface area (Å²) in [6, 6.07) is 21.5. The zero-order valence-electron chi connectivity index (χ0n) is 19.3. The maximum atomic E-state index is 11.1. The second-order valence-electron chi connectivity index (χ2n) is 8.75. The van der Waals surface area contributed by atoms with E-state index in [0.717, 1.165) is 25.7 Å². The third-order valence-corrected chi connectivity index (χ3v) is 6.41. The zero-order chi connectivity index (χ0) is 23.2. The molecule has 0 radical (unpaired) electrons. The molecular weight excluding hydrogens is 400 g/mol. The van der Waals surface area contributed by atoms with Gasteiger partial charge in [0.15, 0.2) is 5.92 Å². The minimum atomic E-state index is -1.30. The van der Waals surface area contributed by atoms with E-state index in [9.17, 15) is 9.59 Å². The number of benzene rings is 2. The van der Waals surface area contributed by atoms with E-state index in [2.05, 4.69) is 67.6 Å². The molecule has 0 bridgehead atoms. The highest BCUT2D eigenvalue weighted by molar-refractivity contribution is 5.92. The molecule has 0 aliphatic rings. The first-order valence-electron chi connectivity index (χ1n) is 12.1. The van der Waals surface area contributed by atoms with Crippen molar-refractivity contribution in [2.24, 2.45) is 5.92 Å². The lowest BCUT2D eigenvalue weighted by Crippen LogP contribution is -2.23. The maximum Gasteiger partial charge on any atom is 0.317 e. The number of carbonyl (C=O) groups is 2. The molecular formula is C28H38O4. The van der Waals surface area contributed by atoms with E-state index in [1.54, 1.807) is 0 Å². The fourth-order valence-corrected chi connectivity index (χ4v) is 4.63. The van der Waals surface area contributed by atoms with Crippen LogP contribution in [0.2, 0.25) is 0 Å². The average molecular weight is 439 g/mol. The minimum absolute atomic E-state index is 0.194. The lowest BCUT2D eigenvalue weighted by Gasteiger charge is -2.29. The molecule has 0 saturated carbocycles. The SMILES string of the molecule is CCCCCCC(c1ccccc1)C(CCCCCC(C(=O)O)C(=O)O)c1ccccc1. The van der Waals surface area contributed by atoms with Crippen molar-refractivity contribution >= 4 is 11.9 Å². The summed E-state index contributed by atoms with van der Waals surface area (Å²) in [5.41, 5.74) is 2.74. The molecule has 2 unspecified atom stereocenters. The van der Waals surface area contributed by atoms with Crippen molar-refractivity contribution in [1.82, 2.24) is 0 Å². The molecule has 4 nitrogen and oxygen atoms in total. The van der Waals surface area contributed by atoms with Crippen molar-refractivity contribution in [2.75, 3.05) is 0 Å². The van der Waals surface area contributed by atoms with Gasteiger partial charge in [-0.1, -0.05) is 113 Å². The lowest BCUT2D eigenvalue weighted by molar-refractivity contribution is -0.154. The third-order valence-electron chi connectivity index (χ3n) is 6.41. The zero-order valence-corrected chi connectivity index (χ0v) is 19.3. The largest absolute Gasteiger partial charge is 0.481 e. The average Bonchev–Trinajstić information content (AvgIpc) is 2.80. The first-order valence-corrected chi connectivity index (χ1v) is 12.1. The van der Waals surface area contributed by atoms with Crippen LogP contribution in [0.5, 0.6) is 0 Å². The van der Waals surface area contributed by atoms with E-state index < -0.39 is 17.9 Å². The minimum Gasteiger partial charge on any atom is -0.481 e. The maximum absolute atomic E-state index is 11.1. The summed E-state index contributed by atoms with van der Waals surface area (Å²) < 4.78 is 0. The molecule has 0 aliphatic heterocycles. The van der Waals surface area contributed by atoms with Crippen molar-refractivity contribution in [3.63, 3.8) is 0 Å². The molecule has 0 fully saturated rings. The summed E-state index contributed by atoms with van der Waals surface area (Å²) in [6.07, 6.45) is 9.77. The molecule has 2 rings (SSSR count). The van der Waals surface area contributed by atoms with Gasteiger partial charge < -0.3 is 10.2 Å². The van der Waals surface area contributed by atoms with Gasteiger partial charge in [0.25, 0.3) is 0 Å². The molecule has 2 aromatic carbocycles. The molecule has 2 aromatic rings. The Hall–Kier alpha value is -2.62. The van der Waals surface area contributed by atoms with Gasteiger partial charge in [-0.15, -0.1) is 0 Å². The van der Waals surface area contributed by atoms with E-state index in [0.29, 0.717) is 18.3 Å². The highest BCUT2D eigenvalue weighted by Gasteiger charge is 2.26. The Balaban J connectivity index is 2.08. The quantitative estimate of drug-likeness (QED) is 0.214. The number of rotatable bonds is 16. The second-order valence-corrected chi connectivity index (χ2v) is 8.75.